The summed E-state index contributed by atoms with van der Waals surface area (Å²) in [6, 6.07) is 0.684. The summed E-state index contributed by atoms with van der Waals surface area (Å²) in [7, 11) is 3.55. The fraction of sp³-hybridized carbons (Fsp3) is 1.00. The molecule has 1 saturated heterocycles. The smallest absolute Gasteiger partial charge is 0.0589 e. The maximum Gasteiger partial charge on any atom is 0.0589 e. The van der Waals surface area contributed by atoms with Crippen molar-refractivity contribution in [3.8, 4) is 0 Å². The first kappa shape index (κ1) is 16.9. The third-order valence-electron chi connectivity index (χ3n) is 4.09. The molecule has 4 nitrogen and oxygen atoms in total. The van der Waals surface area contributed by atoms with Gasteiger partial charge in [0.2, 0.25) is 0 Å². The summed E-state index contributed by atoms with van der Waals surface area (Å²) >= 11 is 0. The molecule has 0 atom stereocenters. The van der Waals surface area contributed by atoms with Gasteiger partial charge in [0.15, 0.2) is 0 Å². The summed E-state index contributed by atoms with van der Waals surface area (Å²) in [5, 5.41) is 0. The quantitative estimate of drug-likeness (QED) is 0.706. The largest absolute Gasteiger partial charge is 0.383 e. The summed E-state index contributed by atoms with van der Waals surface area (Å²) in [6.45, 7) is 13.0. The van der Waals surface area contributed by atoms with Gasteiger partial charge in [0.1, 0.15) is 0 Å². The van der Waals surface area contributed by atoms with Gasteiger partial charge in [-0.2, -0.15) is 0 Å². The molecule has 1 heterocycles. The number of ether oxygens (including phenoxy) is 2. The van der Waals surface area contributed by atoms with E-state index in [2.05, 4.69) is 30.6 Å². The molecule has 0 aromatic carbocycles. The van der Waals surface area contributed by atoms with E-state index in [0.29, 0.717) is 11.6 Å². The maximum absolute atomic E-state index is 5.23. The van der Waals surface area contributed by atoms with E-state index in [4.69, 9.17) is 9.47 Å². The Morgan fingerprint density at radius 2 is 1.47 bits per heavy atom. The fourth-order valence-corrected chi connectivity index (χ4v) is 2.80. The van der Waals surface area contributed by atoms with Crippen molar-refractivity contribution < 1.29 is 9.47 Å². The number of hydrogen-bond donors (Lipinski definition) is 0. The van der Waals surface area contributed by atoms with Crippen molar-refractivity contribution in [1.29, 1.82) is 0 Å². The van der Waals surface area contributed by atoms with Gasteiger partial charge in [-0.3, -0.25) is 9.80 Å². The molecule has 1 fully saturated rings. The summed E-state index contributed by atoms with van der Waals surface area (Å²) in [6.07, 6.45) is 2.51. The molecule has 1 aliphatic rings. The molecular formula is C15H32N2O2. The van der Waals surface area contributed by atoms with Gasteiger partial charge in [0.25, 0.3) is 0 Å². The molecule has 0 saturated carbocycles. The standard InChI is InChI=1S/C15H32N2O2/c1-15(2,3)17-8-6-14(7-9-17)16(10-12-18-4)11-13-19-5/h14H,6-13H2,1-5H3. The minimum Gasteiger partial charge on any atom is -0.383 e. The lowest BCUT2D eigenvalue weighted by Gasteiger charge is -2.43. The van der Waals surface area contributed by atoms with Crippen LogP contribution in [0.15, 0.2) is 0 Å². The lowest BCUT2D eigenvalue weighted by atomic mass is 9.97. The zero-order chi connectivity index (χ0) is 14.3. The second-order valence-electron chi connectivity index (χ2n) is 6.41. The highest BCUT2D eigenvalue weighted by Crippen LogP contribution is 2.22. The molecule has 0 radical (unpaired) electrons. The van der Waals surface area contributed by atoms with Crippen LogP contribution in [0.25, 0.3) is 0 Å². The van der Waals surface area contributed by atoms with Crippen molar-refractivity contribution in [2.75, 3.05) is 53.6 Å². The van der Waals surface area contributed by atoms with E-state index in [1.807, 2.05) is 0 Å². The van der Waals surface area contributed by atoms with Crippen molar-refractivity contribution in [3.05, 3.63) is 0 Å². The zero-order valence-electron chi connectivity index (χ0n) is 13.4. The molecule has 1 aliphatic heterocycles. The van der Waals surface area contributed by atoms with Crippen molar-refractivity contribution in [2.45, 2.75) is 45.2 Å². The van der Waals surface area contributed by atoms with Crippen molar-refractivity contribution in [3.63, 3.8) is 0 Å². The molecule has 0 N–H and O–H groups in total. The van der Waals surface area contributed by atoms with E-state index < -0.39 is 0 Å². The average molecular weight is 272 g/mol. The first-order chi connectivity index (χ1) is 8.99. The summed E-state index contributed by atoms with van der Waals surface area (Å²) < 4.78 is 10.5. The molecule has 0 unspecified atom stereocenters. The number of rotatable bonds is 7. The summed E-state index contributed by atoms with van der Waals surface area (Å²) in [5.74, 6) is 0. The zero-order valence-corrected chi connectivity index (χ0v) is 13.4. The SMILES string of the molecule is COCCN(CCOC)C1CCN(C(C)(C)C)CC1. The molecule has 0 amide bonds. The average Bonchev–Trinajstić information content (AvgIpc) is 2.38. The molecule has 0 bridgehead atoms. The van der Waals surface area contributed by atoms with Crippen LogP contribution in [-0.4, -0.2) is 75.0 Å². The number of methoxy groups -OCH3 is 2. The van der Waals surface area contributed by atoms with Gasteiger partial charge < -0.3 is 9.47 Å². The van der Waals surface area contributed by atoms with Gasteiger partial charge in [0, 0.05) is 52.0 Å². The Bertz CT molecular complexity index is 225. The fourth-order valence-electron chi connectivity index (χ4n) is 2.80. The van der Waals surface area contributed by atoms with E-state index >= 15 is 0 Å². The van der Waals surface area contributed by atoms with E-state index in [1.54, 1.807) is 14.2 Å². The van der Waals surface area contributed by atoms with Crippen LogP contribution < -0.4 is 0 Å². The van der Waals surface area contributed by atoms with E-state index in [9.17, 15) is 0 Å². The first-order valence-corrected chi connectivity index (χ1v) is 7.46. The molecule has 0 aromatic heterocycles. The minimum absolute atomic E-state index is 0.300. The predicted molar refractivity (Wildman–Crippen MR) is 79.7 cm³/mol. The van der Waals surface area contributed by atoms with Crippen molar-refractivity contribution in [1.82, 2.24) is 9.80 Å². The second kappa shape index (κ2) is 8.20. The van der Waals surface area contributed by atoms with Crippen LogP contribution in [0.4, 0.5) is 0 Å². The summed E-state index contributed by atoms with van der Waals surface area (Å²) in [5.41, 5.74) is 0.300. The van der Waals surface area contributed by atoms with Crippen LogP contribution in [0.1, 0.15) is 33.6 Å². The number of hydrogen-bond acceptors (Lipinski definition) is 4. The Hall–Kier alpha value is -0.160. The van der Waals surface area contributed by atoms with Crippen LogP contribution in [0.2, 0.25) is 0 Å². The lowest BCUT2D eigenvalue weighted by molar-refractivity contribution is 0.0330. The molecule has 0 spiro atoms. The van der Waals surface area contributed by atoms with E-state index in [0.717, 1.165) is 26.3 Å². The highest BCUT2D eigenvalue weighted by atomic mass is 16.5. The van der Waals surface area contributed by atoms with Crippen molar-refractivity contribution >= 4 is 0 Å². The molecule has 0 aromatic rings. The number of likely N-dealkylation sites (tertiary alicyclic amines) is 1. The van der Waals surface area contributed by atoms with E-state index in [1.165, 1.54) is 25.9 Å². The van der Waals surface area contributed by atoms with Gasteiger partial charge in [0.05, 0.1) is 13.2 Å². The Morgan fingerprint density at radius 1 is 1.00 bits per heavy atom. The normalized spacial score (nSPS) is 19.3. The van der Waals surface area contributed by atoms with Gasteiger partial charge in [-0.1, -0.05) is 0 Å². The topological polar surface area (TPSA) is 24.9 Å². The number of nitrogens with zero attached hydrogens (tertiary/aromatic N) is 2. The molecule has 0 aliphatic carbocycles. The van der Waals surface area contributed by atoms with Gasteiger partial charge in [-0.25, -0.2) is 0 Å². The highest BCUT2D eigenvalue weighted by molar-refractivity contribution is 4.85. The van der Waals surface area contributed by atoms with Crippen LogP contribution in [0.3, 0.4) is 0 Å². The minimum atomic E-state index is 0.300. The Kier molecular flexibility index (Phi) is 7.29. The van der Waals surface area contributed by atoms with Crippen LogP contribution in [-0.2, 0) is 9.47 Å². The molecule has 1 rings (SSSR count). The Morgan fingerprint density at radius 3 is 1.84 bits per heavy atom. The Labute approximate surface area is 119 Å². The highest BCUT2D eigenvalue weighted by Gasteiger charge is 2.29. The predicted octanol–water partition coefficient (Wildman–Crippen LogP) is 1.84. The molecular weight excluding hydrogens is 240 g/mol. The van der Waals surface area contributed by atoms with Gasteiger partial charge in [-0.05, 0) is 33.6 Å². The molecule has 114 valence electrons. The second-order valence-corrected chi connectivity index (χ2v) is 6.41. The van der Waals surface area contributed by atoms with Crippen molar-refractivity contribution in [2.24, 2.45) is 0 Å². The lowest BCUT2D eigenvalue weighted by Crippen LogP contribution is -2.51. The van der Waals surface area contributed by atoms with Gasteiger partial charge in [-0.15, -0.1) is 0 Å². The number of piperidine rings is 1. The molecule has 19 heavy (non-hydrogen) atoms. The van der Waals surface area contributed by atoms with Crippen LogP contribution >= 0.6 is 0 Å². The first-order valence-electron chi connectivity index (χ1n) is 7.46. The monoisotopic (exact) mass is 272 g/mol. The van der Waals surface area contributed by atoms with Crippen LogP contribution in [0.5, 0.6) is 0 Å². The van der Waals surface area contributed by atoms with E-state index in [-0.39, 0.29) is 0 Å². The summed E-state index contributed by atoms with van der Waals surface area (Å²) in [4.78, 5) is 5.13. The third-order valence-corrected chi connectivity index (χ3v) is 4.09. The third kappa shape index (κ3) is 5.78. The Balaban J connectivity index is 2.44. The van der Waals surface area contributed by atoms with Gasteiger partial charge >= 0.3 is 0 Å². The maximum atomic E-state index is 5.23. The molecule has 4 heteroatoms. The van der Waals surface area contributed by atoms with Crippen LogP contribution in [0, 0.1) is 0 Å².